The van der Waals surface area contributed by atoms with Gasteiger partial charge in [0, 0.05) is 31.6 Å². The Morgan fingerprint density at radius 3 is 2.96 bits per heavy atom. The van der Waals surface area contributed by atoms with Crippen LogP contribution in [0.4, 0.5) is 0 Å². The molecule has 0 atom stereocenters. The SMILES string of the molecule is Cc1nc2c(c(=O)[nH]1)CN(Cc1cccc(-c3ccc4c(c3)OCO4)n1)CC2. The fourth-order valence-electron chi connectivity index (χ4n) is 3.75. The van der Waals surface area contributed by atoms with E-state index in [1.165, 1.54) is 0 Å². The molecular weight excluding hydrogens is 356 g/mol. The van der Waals surface area contributed by atoms with Gasteiger partial charge in [-0.2, -0.15) is 0 Å². The van der Waals surface area contributed by atoms with E-state index in [-0.39, 0.29) is 12.4 Å². The van der Waals surface area contributed by atoms with Gasteiger partial charge in [0.1, 0.15) is 5.82 Å². The number of aromatic amines is 1. The molecule has 2 aliphatic heterocycles. The first-order valence-electron chi connectivity index (χ1n) is 9.33. The van der Waals surface area contributed by atoms with E-state index in [0.29, 0.717) is 18.9 Å². The second-order valence-corrected chi connectivity index (χ2v) is 7.12. The van der Waals surface area contributed by atoms with Crippen molar-refractivity contribution in [3.8, 4) is 22.8 Å². The number of aromatic nitrogens is 3. The molecule has 28 heavy (non-hydrogen) atoms. The number of nitrogens with zero attached hydrogens (tertiary/aromatic N) is 3. The highest BCUT2D eigenvalue weighted by Gasteiger charge is 2.21. The number of fused-ring (bicyclic) bond motifs is 2. The molecule has 142 valence electrons. The van der Waals surface area contributed by atoms with Crippen LogP contribution in [0.15, 0.2) is 41.2 Å². The standard InChI is InChI=1S/C21H20N4O3/c1-13-22-18-7-8-25(11-16(18)21(26)23-13)10-15-3-2-4-17(24-15)14-5-6-19-20(9-14)28-12-27-19/h2-6,9H,7-8,10-12H2,1H3,(H,22,23,26). The highest BCUT2D eigenvalue weighted by Crippen LogP contribution is 2.35. The summed E-state index contributed by atoms with van der Waals surface area (Å²) in [4.78, 5) is 26.6. The molecule has 0 saturated carbocycles. The summed E-state index contributed by atoms with van der Waals surface area (Å²) in [6.07, 6.45) is 0.780. The van der Waals surface area contributed by atoms with Crippen molar-refractivity contribution >= 4 is 0 Å². The molecule has 3 aromatic rings. The van der Waals surface area contributed by atoms with Crippen molar-refractivity contribution in [3.05, 3.63) is 69.5 Å². The number of pyridine rings is 1. The summed E-state index contributed by atoms with van der Waals surface area (Å²) < 4.78 is 10.8. The van der Waals surface area contributed by atoms with E-state index in [9.17, 15) is 4.79 Å². The van der Waals surface area contributed by atoms with Crippen LogP contribution in [-0.4, -0.2) is 33.2 Å². The van der Waals surface area contributed by atoms with Crippen molar-refractivity contribution in [1.29, 1.82) is 0 Å². The van der Waals surface area contributed by atoms with Crippen LogP contribution in [0.25, 0.3) is 11.3 Å². The Morgan fingerprint density at radius 2 is 2.04 bits per heavy atom. The maximum Gasteiger partial charge on any atom is 0.255 e. The molecule has 2 aliphatic rings. The van der Waals surface area contributed by atoms with Crippen molar-refractivity contribution in [2.75, 3.05) is 13.3 Å². The zero-order valence-corrected chi connectivity index (χ0v) is 15.6. The number of ether oxygens (including phenoxy) is 2. The molecule has 0 spiro atoms. The molecular formula is C21H20N4O3. The first-order valence-corrected chi connectivity index (χ1v) is 9.33. The number of aryl methyl sites for hydroxylation is 1. The van der Waals surface area contributed by atoms with Gasteiger partial charge >= 0.3 is 0 Å². The summed E-state index contributed by atoms with van der Waals surface area (Å²) >= 11 is 0. The van der Waals surface area contributed by atoms with Crippen LogP contribution in [0.2, 0.25) is 0 Å². The normalized spacial score (nSPS) is 15.5. The predicted molar refractivity (Wildman–Crippen MR) is 103 cm³/mol. The van der Waals surface area contributed by atoms with Gasteiger partial charge in [0.15, 0.2) is 11.5 Å². The molecule has 4 heterocycles. The molecule has 0 bridgehead atoms. The van der Waals surface area contributed by atoms with E-state index >= 15 is 0 Å². The molecule has 0 aliphatic carbocycles. The Labute approximate surface area is 162 Å². The van der Waals surface area contributed by atoms with Gasteiger partial charge in [-0.3, -0.25) is 14.7 Å². The van der Waals surface area contributed by atoms with Crippen LogP contribution >= 0.6 is 0 Å². The molecule has 0 amide bonds. The van der Waals surface area contributed by atoms with Crippen LogP contribution in [0.1, 0.15) is 22.8 Å². The number of hydrogen-bond acceptors (Lipinski definition) is 6. The Bertz CT molecular complexity index is 1110. The van der Waals surface area contributed by atoms with Gasteiger partial charge in [-0.15, -0.1) is 0 Å². The topological polar surface area (TPSA) is 80.3 Å². The number of hydrogen-bond donors (Lipinski definition) is 1. The minimum atomic E-state index is -0.0331. The molecule has 2 aromatic heterocycles. The summed E-state index contributed by atoms with van der Waals surface area (Å²) in [6, 6.07) is 11.9. The third-order valence-corrected chi connectivity index (χ3v) is 5.13. The largest absolute Gasteiger partial charge is 0.454 e. The molecule has 7 heteroatoms. The molecule has 1 aromatic carbocycles. The molecule has 5 rings (SSSR count). The monoisotopic (exact) mass is 376 g/mol. The molecule has 0 saturated heterocycles. The lowest BCUT2D eigenvalue weighted by Crippen LogP contribution is -2.35. The van der Waals surface area contributed by atoms with E-state index < -0.39 is 0 Å². The Kier molecular flexibility index (Phi) is 4.09. The summed E-state index contributed by atoms with van der Waals surface area (Å²) in [6.45, 7) is 4.22. The number of nitrogens with one attached hydrogen (secondary N) is 1. The lowest BCUT2D eigenvalue weighted by Gasteiger charge is -2.27. The summed E-state index contributed by atoms with van der Waals surface area (Å²) in [5.41, 5.74) is 4.50. The Balaban J connectivity index is 1.37. The first kappa shape index (κ1) is 16.9. The van der Waals surface area contributed by atoms with Crippen LogP contribution in [0.5, 0.6) is 11.5 Å². The first-order chi connectivity index (χ1) is 13.7. The molecule has 1 N–H and O–H groups in total. The van der Waals surface area contributed by atoms with Crippen molar-refractivity contribution in [1.82, 2.24) is 19.9 Å². The van der Waals surface area contributed by atoms with Gasteiger partial charge in [0.25, 0.3) is 5.56 Å². The summed E-state index contributed by atoms with van der Waals surface area (Å²) in [5.74, 6) is 2.19. The number of rotatable bonds is 3. The number of H-pyrrole nitrogens is 1. The van der Waals surface area contributed by atoms with Gasteiger partial charge in [-0.25, -0.2) is 4.98 Å². The van der Waals surface area contributed by atoms with Crippen LogP contribution in [0, 0.1) is 6.92 Å². The highest BCUT2D eigenvalue weighted by molar-refractivity contribution is 5.64. The molecule has 0 fully saturated rings. The van der Waals surface area contributed by atoms with Crippen LogP contribution < -0.4 is 15.0 Å². The predicted octanol–water partition coefficient (Wildman–Crippen LogP) is 2.43. The van der Waals surface area contributed by atoms with E-state index in [1.54, 1.807) is 0 Å². The lowest BCUT2D eigenvalue weighted by atomic mass is 10.1. The van der Waals surface area contributed by atoms with Crippen molar-refractivity contribution in [2.45, 2.75) is 26.4 Å². The van der Waals surface area contributed by atoms with Crippen molar-refractivity contribution in [2.24, 2.45) is 0 Å². The fraction of sp³-hybridized carbons (Fsp3) is 0.286. The third-order valence-electron chi connectivity index (χ3n) is 5.13. The summed E-state index contributed by atoms with van der Waals surface area (Å²) in [7, 11) is 0. The Hall–Kier alpha value is -3.19. The lowest BCUT2D eigenvalue weighted by molar-refractivity contribution is 0.174. The van der Waals surface area contributed by atoms with Gasteiger partial charge in [0.2, 0.25) is 6.79 Å². The van der Waals surface area contributed by atoms with Gasteiger partial charge in [0.05, 0.1) is 22.6 Å². The van der Waals surface area contributed by atoms with E-state index in [2.05, 4.69) is 14.9 Å². The average molecular weight is 376 g/mol. The highest BCUT2D eigenvalue weighted by atomic mass is 16.7. The van der Waals surface area contributed by atoms with E-state index in [0.717, 1.165) is 52.7 Å². The van der Waals surface area contributed by atoms with Crippen LogP contribution in [-0.2, 0) is 19.5 Å². The quantitative estimate of drug-likeness (QED) is 0.756. The maximum atomic E-state index is 12.3. The van der Waals surface area contributed by atoms with Crippen molar-refractivity contribution < 1.29 is 9.47 Å². The van der Waals surface area contributed by atoms with E-state index in [4.69, 9.17) is 14.5 Å². The summed E-state index contributed by atoms with van der Waals surface area (Å²) in [5, 5.41) is 0. The van der Waals surface area contributed by atoms with Gasteiger partial charge < -0.3 is 14.5 Å². The Morgan fingerprint density at radius 1 is 1.14 bits per heavy atom. The van der Waals surface area contributed by atoms with Crippen molar-refractivity contribution in [3.63, 3.8) is 0 Å². The fourth-order valence-corrected chi connectivity index (χ4v) is 3.75. The maximum absolute atomic E-state index is 12.3. The number of benzene rings is 1. The molecule has 0 radical (unpaired) electrons. The molecule has 7 nitrogen and oxygen atoms in total. The smallest absolute Gasteiger partial charge is 0.255 e. The second-order valence-electron chi connectivity index (χ2n) is 7.12. The average Bonchev–Trinajstić information content (AvgIpc) is 3.16. The van der Waals surface area contributed by atoms with Gasteiger partial charge in [-0.05, 0) is 37.3 Å². The minimum Gasteiger partial charge on any atom is -0.454 e. The van der Waals surface area contributed by atoms with E-state index in [1.807, 2.05) is 43.3 Å². The van der Waals surface area contributed by atoms with Gasteiger partial charge in [-0.1, -0.05) is 6.07 Å². The molecule has 0 unspecified atom stereocenters. The zero-order chi connectivity index (χ0) is 19.1. The second kappa shape index (κ2) is 6.76. The minimum absolute atomic E-state index is 0.0331. The van der Waals surface area contributed by atoms with Crippen LogP contribution in [0.3, 0.4) is 0 Å². The zero-order valence-electron chi connectivity index (χ0n) is 15.6. The third kappa shape index (κ3) is 3.14.